The van der Waals surface area contributed by atoms with E-state index >= 15 is 0 Å². The van der Waals surface area contributed by atoms with Gasteiger partial charge in [-0.3, -0.25) is 19.3 Å². The SMILES string of the molecule is NC(=O)c1ccc(Cl)cc1-c1nc(CC(=O)N2CCN(CC(=O)N3CCC(N)C3)CC2)cs1. The Morgan fingerprint density at radius 1 is 1.09 bits per heavy atom. The average molecular weight is 491 g/mol. The highest BCUT2D eigenvalue weighted by Crippen LogP contribution is 2.30. The predicted molar refractivity (Wildman–Crippen MR) is 127 cm³/mol. The Kier molecular flexibility index (Phi) is 7.28. The van der Waals surface area contributed by atoms with Gasteiger partial charge in [-0.05, 0) is 24.6 Å². The molecule has 2 saturated heterocycles. The third kappa shape index (κ3) is 5.70. The molecule has 0 saturated carbocycles. The third-order valence-electron chi connectivity index (χ3n) is 6.02. The van der Waals surface area contributed by atoms with E-state index in [2.05, 4.69) is 9.88 Å². The van der Waals surface area contributed by atoms with E-state index in [1.165, 1.54) is 11.3 Å². The van der Waals surface area contributed by atoms with E-state index in [-0.39, 0.29) is 24.3 Å². The maximum Gasteiger partial charge on any atom is 0.249 e. The summed E-state index contributed by atoms with van der Waals surface area (Å²) in [6.07, 6.45) is 1.03. The lowest BCUT2D eigenvalue weighted by Gasteiger charge is -2.35. The first-order chi connectivity index (χ1) is 15.8. The minimum atomic E-state index is -0.557. The second kappa shape index (κ2) is 10.2. The van der Waals surface area contributed by atoms with Crippen molar-refractivity contribution in [3.8, 4) is 10.6 Å². The van der Waals surface area contributed by atoms with Crippen molar-refractivity contribution in [3.63, 3.8) is 0 Å². The molecule has 3 amide bonds. The molecule has 2 fully saturated rings. The molecule has 3 heterocycles. The van der Waals surface area contributed by atoms with Crippen LogP contribution in [-0.4, -0.2) is 89.3 Å². The number of carbonyl (C=O) groups is 3. The van der Waals surface area contributed by atoms with Crippen LogP contribution in [0.5, 0.6) is 0 Å². The van der Waals surface area contributed by atoms with Crippen molar-refractivity contribution >= 4 is 40.7 Å². The fourth-order valence-electron chi connectivity index (χ4n) is 4.15. The van der Waals surface area contributed by atoms with Crippen LogP contribution in [0.1, 0.15) is 22.5 Å². The fraction of sp³-hybridized carbons (Fsp3) is 0.455. The summed E-state index contributed by atoms with van der Waals surface area (Å²) < 4.78 is 0. The number of likely N-dealkylation sites (tertiary alicyclic amines) is 1. The Morgan fingerprint density at radius 3 is 2.52 bits per heavy atom. The van der Waals surface area contributed by atoms with Gasteiger partial charge < -0.3 is 21.3 Å². The molecule has 4 N–H and O–H groups in total. The number of nitrogens with two attached hydrogens (primary N) is 2. The summed E-state index contributed by atoms with van der Waals surface area (Å²) in [5.74, 6) is -0.461. The average Bonchev–Trinajstić information content (AvgIpc) is 3.43. The van der Waals surface area contributed by atoms with Crippen LogP contribution in [0.15, 0.2) is 23.6 Å². The third-order valence-corrected chi connectivity index (χ3v) is 7.18. The number of nitrogens with zero attached hydrogens (tertiary/aromatic N) is 4. The number of amides is 3. The molecule has 1 atom stereocenters. The van der Waals surface area contributed by atoms with Gasteiger partial charge in [-0.15, -0.1) is 11.3 Å². The van der Waals surface area contributed by atoms with Crippen molar-refractivity contribution in [2.24, 2.45) is 11.5 Å². The molecule has 0 radical (unpaired) electrons. The number of carbonyl (C=O) groups excluding carboxylic acids is 3. The zero-order valence-electron chi connectivity index (χ0n) is 18.2. The number of hydrogen-bond acceptors (Lipinski definition) is 7. The van der Waals surface area contributed by atoms with Gasteiger partial charge in [0.2, 0.25) is 17.7 Å². The minimum Gasteiger partial charge on any atom is -0.366 e. The van der Waals surface area contributed by atoms with Crippen LogP contribution >= 0.6 is 22.9 Å². The normalized spacial score (nSPS) is 19.2. The van der Waals surface area contributed by atoms with Gasteiger partial charge in [-0.2, -0.15) is 0 Å². The van der Waals surface area contributed by atoms with Crippen LogP contribution in [0.3, 0.4) is 0 Å². The van der Waals surface area contributed by atoms with Gasteiger partial charge in [0.05, 0.1) is 18.7 Å². The van der Waals surface area contributed by atoms with E-state index in [4.69, 9.17) is 23.1 Å². The number of piperazine rings is 1. The van der Waals surface area contributed by atoms with Gasteiger partial charge in [0.25, 0.3) is 0 Å². The van der Waals surface area contributed by atoms with Crippen LogP contribution in [-0.2, 0) is 16.0 Å². The zero-order chi connectivity index (χ0) is 23.5. The van der Waals surface area contributed by atoms with Crippen molar-refractivity contribution in [3.05, 3.63) is 39.9 Å². The van der Waals surface area contributed by atoms with Crippen LogP contribution in [0, 0.1) is 0 Å². The molecule has 1 aromatic carbocycles. The number of aromatic nitrogens is 1. The van der Waals surface area contributed by atoms with Gasteiger partial charge in [0, 0.05) is 66.8 Å². The molecule has 176 valence electrons. The summed E-state index contributed by atoms with van der Waals surface area (Å²) in [5.41, 5.74) is 12.9. The molecule has 2 aliphatic heterocycles. The number of rotatable bonds is 6. The number of hydrogen-bond donors (Lipinski definition) is 2. The zero-order valence-corrected chi connectivity index (χ0v) is 19.8. The Morgan fingerprint density at radius 2 is 1.85 bits per heavy atom. The molecule has 0 spiro atoms. The van der Waals surface area contributed by atoms with E-state index in [1.807, 2.05) is 10.3 Å². The standard InChI is InChI=1S/C22H27ClN6O3S/c23-14-1-2-17(21(25)32)18(9-14)22-26-16(13-33-22)10-19(30)28-7-5-27(6-8-28)12-20(31)29-4-3-15(24)11-29/h1-2,9,13,15H,3-8,10-12,24H2,(H2,25,32). The van der Waals surface area contributed by atoms with E-state index in [1.54, 1.807) is 23.1 Å². The Balaban J connectivity index is 1.31. The summed E-state index contributed by atoms with van der Waals surface area (Å²) in [6, 6.07) is 4.92. The molecule has 4 rings (SSSR count). The van der Waals surface area contributed by atoms with Crippen LogP contribution in [0.25, 0.3) is 10.6 Å². The largest absolute Gasteiger partial charge is 0.366 e. The maximum absolute atomic E-state index is 12.8. The number of primary amides is 1. The summed E-state index contributed by atoms with van der Waals surface area (Å²) >= 11 is 7.42. The molecule has 0 aliphatic carbocycles. The molecule has 2 aromatic rings. The first-order valence-corrected chi connectivity index (χ1v) is 12.1. The number of thiazole rings is 1. The highest BCUT2D eigenvalue weighted by molar-refractivity contribution is 7.13. The van der Waals surface area contributed by atoms with Crippen LogP contribution in [0.2, 0.25) is 5.02 Å². The van der Waals surface area contributed by atoms with Gasteiger partial charge in [0.1, 0.15) is 5.01 Å². The number of benzene rings is 1. The topological polar surface area (TPSA) is 126 Å². The van der Waals surface area contributed by atoms with E-state index < -0.39 is 5.91 Å². The van der Waals surface area contributed by atoms with E-state index in [0.29, 0.717) is 66.1 Å². The molecule has 0 bridgehead atoms. The highest BCUT2D eigenvalue weighted by Gasteiger charge is 2.27. The first-order valence-electron chi connectivity index (χ1n) is 10.9. The smallest absolute Gasteiger partial charge is 0.249 e. The van der Waals surface area contributed by atoms with Gasteiger partial charge in [-0.25, -0.2) is 4.98 Å². The molecule has 9 nitrogen and oxygen atoms in total. The van der Waals surface area contributed by atoms with Crippen molar-refractivity contribution in [2.45, 2.75) is 18.9 Å². The molecule has 2 aliphatic rings. The molecule has 1 unspecified atom stereocenters. The Labute approximate surface area is 201 Å². The predicted octanol–water partition coefficient (Wildman–Crippen LogP) is 0.809. The van der Waals surface area contributed by atoms with Gasteiger partial charge >= 0.3 is 0 Å². The maximum atomic E-state index is 12.8. The van der Waals surface area contributed by atoms with Crippen molar-refractivity contribution in [1.29, 1.82) is 0 Å². The molecule has 33 heavy (non-hydrogen) atoms. The second-order valence-electron chi connectivity index (χ2n) is 8.42. The summed E-state index contributed by atoms with van der Waals surface area (Å²) in [4.78, 5) is 47.2. The molecular formula is C22H27ClN6O3S. The second-order valence-corrected chi connectivity index (χ2v) is 9.71. The minimum absolute atomic E-state index is 0.00966. The quantitative estimate of drug-likeness (QED) is 0.617. The van der Waals surface area contributed by atoms with Crippen LogP contribution in [0.4, 0.5) is 0 Å². The summed E-state index contributed by atoms with van der Waals surface area (Å²) in [7, 11) is 0. The summed E-state index contributed by atoms with van der Waals surface area (Å²) in [6.45, 7) is 4.18. The lowest BCUT2D eigenvalue weighted by atomic mass is 10.1. The van der Waals surface area contributed by atoms with Crippen LogP contribution < -0.4 is 11.5 Å². The highest BCUT2D eigenvalue weighted by atomic mass is 35.5. The Bertz CT molecular complexity index is 1050. The van der Waals surface area contributed by atoms with E-state index in [0.717, 1.165) is 13.0 Å². The van der Waals surface area contributed by atoms with Crippen molar-refractivity contribution in [1.82, 2.24) is 19.7 Å². The number of halogens is 1. The molecule has 1 aromatic heterocycles. The monoisotopic (exact) mass is 490 g/mol. The first kappa shape index (κ1) is 23.6. The molecular weight excluding hydrogens is 464 g/mol. The van der Waals surface area contributed by atoms with Gasteiger partial charge in [-0.1, -0.05) is 11.6 Å². The van der Waals surface area contributed by atoms with Crippen molar-refractivity contribution < 1.29 is 14.4 Å². The molecule has 11 heteroatoms. The van der Waals surface area contributed by atoms with E-state index in [9.17, 15) is 14.4 Å². The summed E-state index contributed by atoms with van der Waals surface area (Å²) in [5, 5.41) is 2.89. The van der Waals surface area contributed by atoms with Crippen molar-refractivity contribution in [2.75, 3.05) is 45.8 Å². The lowest BCUT2D eigenvalue weighted by molar-refractivity contribution is -0.134. The van der Waals surface area contributed by atoms with Gasteiger partial charge in [0.15, 0.2) is 0 Å². The fourth-order valence-corrected chi connectivity index (χ4v) is 5.17. The Hall–Kier alpha value is -2.53. The lowest BCUT2D eigenvalue weighted by Crippen LogP contribution is -2.51.